The van der Waals surface area contributed by atoms with Crippen LogP contribution in [0.15, 0.2) is 52.7 Å². The van der Waals surface area contributed by atoms with Crippen LogP contribution in [0.5, 0.6) is 0 Å². The number of aryl methyl sites for hydroxylation is 1. The van der Waals surface area contributed by atoms with Crippen LogP contribution in [-0.4, -0.2) is 35.4 Å². The van der Waals surface area contributed by atoms with Crippen molar-refractivity contribution >= 4 is 40.6 Å². The van der Waals surface area contributed by atoms with Crippen LogP contribution >= 0.6 is 34.7 Å². The lowest BCUT2D eigenvalue weighted by Crippen LogP contribution is -2.37. The van der Waals surface area contributed by atoms with E-state index in [1.807, 2.05) is 36.6 Å². The van der Waals surface area contributed by atoms with Crippen LogP contribution in [0.1, 0.15) is 45.5 Å². The molecule has 4 rings (SSSR count). The van der Waals surface area contributed by atoms with Gasteiger partial charge in [-0.15, -0.1) is 23.1 Å². The summed E-state index contributed by atoms with van der Waals surface area (Å²) in [5.74, 6) is 0.202. The highest BCUT2D eigenvalue weighted by molar-refractivity contribution is 7.98. The normalized spacial score (nSPS) is 15.1. The van der Waals surface area contributed by atoms with Crippen molar-refractivity contribution in [3.63, 3.8) is 0 Å². The van der Waals surface area contributed by atoms with Gasteiger partial charge in [0.25, 0.3) is 5.91 Å². The molecule has 1 fully saturated rings. The molecule has 4 nitrogen and oxygen atoms in total. The van der Waals surface area contributed by atoms with Crippen molar-refractivity contribution in [2.75, 3.05) is 19.6 Å². The molecule has 1 amide bonds. The first-order chi connectivity index (χ1) is 15.5. The predicted octanol–water partition coefficient (Wildman–Crippen LogP) is 6.10. The quantitative estimate of drug-likeness (QED) is 0.388. The molecule has 0 radical (unpaired) electrons. The summed E-state index contributed by atoms with van der Waals surface area (Å²) in [6.45, 7) is 4.01. The Bertz CT molecular complexity index is 1060. The van der Waals surface area contributed by atoms with E-state index in [4.69, 9.17) is 11.6 Å². The average molecular weight is 490 g/mol. The molecule has 2 aromatic carbocycles. The van der Waals surface area contributed by atoms with Gasteiger partial charge < -0.3 is 5.32 Å². The van der Waals surface area contributed by atoms with Crippen molar-refractivity contribution in [2.24, 2.45) is 0 Å². The van der Waals surface area contributed by atoms with Crippen LogP contribution in [0.25, 0.3) is 0 Å². The highest BCUT2D eigenvalue weighted by Gasteiger charge is 2.28. The lowest BCUT2D eigenvalue weighted by atomic mass is 10.0. The number of carbonyl (C=O) groups excluding carboxylic acids is 1. The van der Waals surface area contributed by atoms with Gasteiger partial charge >= 0.3 is 0 Å². The molecule has 3 aromatic rings. The van der Waals surface area contributed by atoms with Gasteiger partial charge in [-0.25, -0.2) is 9.37 Å². The maximum atomic E-state index is 14.7. The Hall–Kier alpha value is -1.93. The summed E-state index contributed by atoms with van der Waals surface area (Å²) < 4.78 is 14.7. The summed E-state index contributed by atoms with van der Waals surface area (Å²) in [5.41, 5.74) is 2.08. The molecule has 0 aliphatic carbocycles. The van der Waals surface area contributed by atoms with Crippen LogP contribution in [0.4, 0.5) is 4.39 Å². The van der Waals surface area contributed by atoms with Crippen LogP contribution < -0.4 is 5.32 Å². The van der Waals surface area contributed by atoms with Crippen LogP contribution in [-0.2, 0) is 5.75 Å². The average Bonchev–Trinajstić information content (AvgIpc) is 3.46. The Balaban J connectivity index is 1.49. The number of hydrogen-bond donors (Lipinski definition) is 1. The number of aromatic nitrogens is 1. The number of nitrogens with zero attached hydrogens (tertiary/aromatic N) is 2. The van der Waals surface area contributed by atoms with E-state index in [1.165, 1.54) is 6.07 Å². The molecule has 0 spiro atoms. The molecule has 1 unspecified atom stereocenters. The van der Waals surface area contributed by atoms with E-state index in [0.717, 1.165) is 41.5 Å². The molecule has 0 bridgehead atoms. The second-order valence-corrected chi connectivity index (χ2v) is 10.2. The molecule has 168 valence electrons. The zero-order chi connectivity index (χ0) is 22.5. The van der Waals surface area contributed by atoms with Crippen molar-refractivity contribution in [3.8, 4) is 0 Å². The minimum Gasteiger partial charge on any atom is -0.350 e. The van der Waals surface area contributed by atoms with Gasteiger partial charge in [0.1, 0.15) is 5.82 Å². The Morgan fingerprint density at radius 1 is 1.25 bits per heavy atom. The van der Waals surface area contributed by atoms with Crippen molar-refractivity contribution in [1.29, 1.82) is 0 Å². The number of thiazole rings is 1. The largest absolute Gasteiger partial charge is 0.350 e. The van der Waals surface area contributed by atoms with Gasteiger partial charge in [0.15, 0.2) is 0 Å². The van der Waals surface area contributed by atoms with Gasteiger partial charge in [-0.1, -0.05) is 29.8 Å². The predicted molar refractivity (Wildman–Crippen MR) is 130 cm³/mol. The third kappa shape index (κ3) is 5.52. The lowest BCUT2D eigenvalue weighted by Gasteiger charge is -2.29. The number of amides is 1. The van der Waals surface area contributed by atoms with Crippen LogP contribution in [0.2, 0.25) is 5.02 Å². The van der Waals surface area contributed by atoms with E-state index in [0.29, 0.717) is 28.4 Å². The van der Waals surface area contributed by atoms with Gasteiger partial charge in [0.2, 0.25) is 0 Å². The summed E-state index contributed by atoms with van der Waals surface area (Å²) in [4.78, 5) is 20.7. The lowest BCUT2D eigenvalue weighted by molar-refractivity contribution is 0.0934. The topological polar surface area (TPSA) is 45.2 Å². The maximum Gasteiger partial charge on any atom is 0.252 e. The van der Waals surface area contributed by atoms with Gasteiger partial charge in [0.05, 0.1) is 22.3 Å². The molecular weight excluding hydrogens is 465 g/mol. The van der Waals surface area contributed by atoms with Crippen LogP contribution in [0.3, 0.4) is 0 Å². The van der Waals surface area contributed by atoms with Gasteiger partial charge in [-0.3, -0.25) is 9.69 Å². The summed E-state index contributed by atoms with van der Waals surface area (Å²) in [7, 11) is 0. The molecule has 1 aliphatic rings. The number of hydrogen-bond acceptors (Lipinski definition) is 5. The van der Waals surface area contributed by atoms with Crippen molar-refractivity contribution in [1.82, 2.24) is 15.2 Å². The van der Waals surface area contributed by atoms with E-state index in [-0.39, 0.29) is 17.8 Å². The van der Waals surface area contributed by atoms with Gasteiger partial charge in [-0.2, -0.15) is 0 Å². The molecule has 1 atom stereocenters. The summed E-state index contributed by atoms with van der Waals surface area (Å²) in [6, 6.07) is 12.0. The molecule has 1 saturated heterocycles. The summed E-state index contributed by atoms with van der Waals surface area (Å²) >= 11 is 9.59. The number of carbonyl (C=O) groups is 1. The number of thioether (sulfide) groups is 1. The minimum absolute atomic E-state index is 0.167. The van der Waals surface area contributed by atoms with Crippen molar-refractivity contribution in [3.05, 3.63) is 80.5 Å². The van der Waals surface area contributed by atoms with E-state index in [1.54, 1.807) is 35.2 Å². The van der Waals surface area contributed by atoms with E-state index in [2.05, 4.69) is 15.2 Å². The molecule has 1 N–H and O–H groups in total. The number of halogens is 2. The van der Waals surface area contributed by atoms with Gasteiger partial charge in [0, 0.05) is 33.2 Å². The van der Waals surface area contributed by atoms with Crippen LogP contribution in [0, 0.1) is 12.7 Å². The van der Waals surface area contributed by atoms with Crippen molar-refractivity contribution in [2.45, 2.75) is 36.5 Å². The monoisotopic (exact) mass is 489 g/mol. The van der Waals surface area contributed by atoms with Crippen molar-refractivity contribution < 1.29 is 9.18 Å². The smallest absolute Gasteiger partial charge is 0.252 e. The first kappa shape index (κ1) is 23.2. The third-order valence-electron chi connectivity index (χ3n) is 5.54. The zero-order valence-corrected chi connectivity index (χ0v) is 20.2. The summed E-state index contributed by atoms with van der Waals surface area (Å²) in [6.07, 6.45) is 2.12. The highest BCUT2D eigenvalue weighted by atomic mass is 35.5. The molecular formula is C24H25ClFN3OS2. The standard InChI is InChI=1S/C24H25ClFN3OS2/c1-16-28-17(14-31-16)15-32-22-10-3-2-7-18(22)24(30)27-13-21(29-11-4-5-12-29)23-19(25)8-6-9-20(23)26/h2-3,6-10,14,21H,4-5,11-13,15H2,1H3,(H,27,30). The third-order valence-corrected chi connectivity index (χ3v) is 7.80. The second-order valence-electron chi connectivity index (χ2n) is 7.75. The van der Waals surface area contributed by atoms with E-state index in [9.17, 15) is 9.18 Å². The Morgan fingerprint density at radius 2 is 2.03 bits per heavy atom. The molecule has 0 saturated carbocycles. The number of nitrogens with one attached hydrogen (secondary N) is 1. The first-order valence-corrected chi connectivity index (χ1v) is 12.9. The number of rotatable bonds is 8. The zero-order valence-electron chi connectivity index (χ0n) is 17.8. The summed E-state index contributed by atoms with van der Waals surface area (Å²) in [5, 5.41) is 6.51. The molecule has 2 heterocycles. The fourth-order valence-corrected chi connectivity index (χ4v) is 5.94. The minimum atomic E-state index is -0.335. The first-order valence-electron chi connectivity index (χ1n) is 10.6. The Morgan fingerprint density at radius 3 is 2.75 bits per heavy atom. The maximum absolute atomic E-state index is 14.7. The van der Waals surface area contributed by atoms with Gasteiger partial charge in [-0.05, 0) is 57.1 Å². The Kier molecular flexibility index (Phi) is 7.84. The molecule has 1 aromatic heterocycles. The molecule has 8 heteroatoms. The fraction of sp³-hybridized carbons (Fsp3) is 0.333. The second kappa shape index (κ2) is 10.8. The molecule has 32 heavy (non-hydrogen) atoms. The highest BCUT2D eigenvalue weighted by Crippen LogP contribution is 2.32. The fourth-order valence-electron chi connectivity index (χ4n) is 3.99. The van der Waals surface area contributed by atoms with E-state index >= 15 is 0 Å². The number of benzene rings is 2. The SMILES string of the molecule is Cc1nc(CSc2ccccc2C(=O)NCC(c2c(F)cccc2Cl)N2CCCC2)cs1. The van der Waals surface area contributed by atoms with E-state index < -0.39 is 0 Å². The number of likely N-dealkylation sites (tertiary alicyclic amines) is 1. The molecule has 1 aliphatic heterocycles. The Labute approximate surface area is 201 Å².